The minimum atomic E-state index is -1.04. The van der Waals surface area contributed by atoms with E-state index in [0.29, 0.717) is 12.0 Å². The van der Waals surface area contributed by atoms with E-state index in [1.807, 2.05) is 13.0 Å². The van der Waals surface area contributed by atoms with Crippen molar-refractivity contribution in [3.63, 3.8) is 0 Å². The van der Waals surface area contributed by atoms with E-state index in [4.69, 9.17) is 5.11 Å². The molecule has 1 fully saturated rings. The van der Waals surface area contributed by atoms with E-state index in [1.165, 1.54) is 4.90 Å². The normalized spacial score (nSPS) is 22.0. The summed E-state index contributed by atoms with van der Waals surface area (Å²) in [5.41, 5.74) is 1.31. The third-order valence-corrected chi connectivity index (χ3v) is 4.53. The third kappa shape index (κ3) is 3.54. The molecule has 0 aliphatic carbocycles. The summed E-state index contributed by atoms with van der Waals surface area (Å²) in [6, 6.07) is 4.70. The second-order valence-corrected chi connectivity index (χ2v) is 5.93. The van der Waals surface area contributed by atoms with Gasteiger partial charge in [-0.3, -0.25) is 4.79 Å². The number of carbonyl (C=O) groups excluding carboxylic acids is 1. The fourth-order valence-electron chi connectivity index (χ4n) is 2.35. The predicted octanol–water partition coefficient (Wildman–Crippen LogP) is 1.60. The highest BCUT2D eigenvalue weighted by molar-refractivity contribution is 9.10. The van der Waals surface area contributed by atoms with E-state index in [1.54, 1.807) is 12.1 Å². The number of hydrogen-bond acceptors (Lipinski definition) is 3. The molecule has 21 heavy (non-hydrogen) atoms. The molecule has 6 nitrogen and oxygen atoms in total. The van der Waals surface area contributed by atoms with Crippen LogP contribution in [-0.4, -0.2) is 52.3 Å². The molecule has 0 spiro atoms. The molecule has 0 radical (unpaired) electrons. The van der Waals surface area contributed by atoms with Gasteiger partial charge in [0.2, 0.25) is 0 Å². The van der Waals surface area contributed by atoms with Gasteiger partial charge in [0.25, 0.3) is 5.91 Å². The number of nitrogens with zero attached hydrogens (tertiary/aromatic N) is 1. The summed E-state index contributed by atoms with van der Waals surface area (Å²) < 4.78 is 0.825. The lowest BCUT2D eigenvalue weighted by atomic mass is 10.0. The van der Waals surface area contributed by atoms with Crippen LogP contribution in [0, 0.1) is 6.92 Å². The molecule has 1 heterocycles. The van der Waals surface area contributed by atoms with Crippen molar-refractivity contribution in [2.45, 2.75) is 25.5 Å². The van der Waals surface area contributed by atoms with Gasteiger partial charge in [-0.25, -0.2) is 4.79 Å². The van der Waals surface area contributed by atoms with Crippen LogP contribution in [0.15, 0.2) is 22.7 Å². The zero-order chi connectivity index (χ0) is 15.6. The van der Waals surface area contributed by atoms with Gasteiger partial charge in [0.1, 0.15) is 0 Å². The summed E-state index contributed by atoms with van der Waals surface area (Å²) in [7, 11) is 0. The van der Waals surface area contributed by atoms with E-state index in [2.05, 4.69) is 21.2 Å². The summed E-state index contributed by atoms with van der Waals surface area (Å²) in [6.45, 7) is 2.19. The Balaban J connectivity index is 2.10. The van der Waals surface area contributed by atoms with Crippen LogP contribution >= 0.6 is 15.9 Å². The second kappa shape index (κ2) is 6.44. The van der Waals surface area contributed by atoms with Gasteiger partial charge in [0, 0.05) is 23.1 Å². The maximum absolute atomic E-state index is 12.3. The first-order valence-corrected chi connectivity index (χ1v) is 7.41. The van der Waals surface area contributed by atoms with Crippen LogP contribution < -0.4 is 5.32 Å². The number of halogens is 1. The van der Waals surface area contributed by atoms with Crippen LogP contribution in [0.5, 0.6) is 0 Å². The van der Waals surface area contributed by atoms with Gasteiger partial charge in [-0.15, -0.1) is 0 Å². The topological polar surface area (TPSA) is 89.9 Å². The number of nitrogens with one attached hydrogen (secondary N) is 1. The summed E-state index contributed by atoms with van der Waals surface area (Å²) in [5.74, 6) is -0.315. The lowest BCUT2D eigenvalue weighted by Crippen LogP contribution is -2.56. The summed E-state index contributed by atoms with van der Waals surface area (Å²) >= 11 is 3.36. The molecule has 2 amide bonds. The number of rotatable bonds is 2. The number of carboxylic acid groups (broad SMARTS) is 1. The number of amides is 2. The van der Waals surface area contributed by atoms with Gasteiger partial charge in [-0.2, -0.15) is 0 Å². The Morgan fingerprint density at radius 1 is 1.43 bits per heavy atom. The lowest BCUT2D eigenvalue weighted by Gasteiger charge is -2.35. The monoisotopic (exact) mass is 356 g/mol. The molecule has 1 aromatic carbocycles. The van der Waals surface area contributed by atoms with Crippen LogP contribution in [0.3, 0.4) is 0 Å². The number of aliphatic hydroxyl groups excluding tert-OH is 1. The molecule has 1 saturated heterocycles. The largest absolute Gasteiger partial charge is 0.465 e. The van der Waals surface area contributed by atoms with E-state index < -0.39 is 18.2 Å². The molecule has 1 aromatic rings. The Hall–Kier alpha value is -1.60. The molecular formula is C14H17BrN2O4. The number of likely N-dealkylation sites (tertiary alicyclic amines) is 1. The van der Waals surface area contributed by atoms with Gasteiger partial charge in [0.15, 0.2) is 0 Å². The zero-order valence-corrected chi connectivity index (χ0v) is 13.1. The molecule has 3 N–H and O–H groups in total. The van der Waals surface area contributed by atoms with E-state index in [9.17, 15) is 14.7 Å². The van der Waals surface area contributed by atoms with E-state index in [0.717, 1.165) is 10.0 Å². The average molecular weight is 357 g/mol. The van der Waals surface area contributed by atoms with Crippen molar-refractivity contribution in [2.75, 3.05) is 13.1 Å². The van der Waals surface area contributed by atoms with Crippen molar-refractivity contribution >= 4 is 27.9 Å². The van der Waals surface area contributed by atoms with Crippen LogP contribution in [0.4, 0.5) is 4.79 Å². The molecule has 1 aliphatic heterocycles. The van der Waals surface area contributed by atoms with Crippen molar-refractivity contribution in [3.8, 4) is 0 Å². The minimum absolute atomic E-state index is 0.0926. The Morgan fingerprint density at radius 3 is 2.81 bits per heavy atom. The quantitative estimate of drug-likeness (QED) is 0.750. The van der Waals surface area contributed by atoms with Gasteiger partial charge >= 0.3 is 6.09 Å². The highest BCUT2D eigenvalue weighted by Gasteiger charge is 2.31. The third-order valence-electron chi connectivity index (χ3n) is 3.68. The Bertz CT molecular complexity index is 564. The first-order chi connectivity index (χ1) is 9.90. The molecule has 2 atom stereocenters. The van der Waals surface area contributed by atoms with Crippen molar-refractivity contribution in [1.29, 1.82) is 0 Å². The first kappa shape index (κ1) is 15.8. The molecule has 7 heteroatoms. The van der Waals surface area contributed by atoms with Gasteiger partial charge < -0.3 is 20.4 Å². The lowest BCUT2D eigenvalue weighted by molar-refractivity contribution is 0.0439. The summed E-state index contributed by atoms with van der Waals surface area (Å²) in [5, 5.41) is 21.7. The number of benzene rings is 1. The maximum atomic E-state index is 12.3. The van der Waals surface area contributed by atoms with E-state index in [-0.39, 0.29) is 19.0 Å². The molecule has 0 bridgehead atoms. The number of hydrogen-bond donors (Lipinski definition) is 3. The van der Waals surface area contributed by atoms with E-state index >= 15 is 0 Å². The molecule has 0 unspecified atom stereocenters. The zero-order valence-electron chi connectivity index (χ0n) is 11.5. The highest BCUT2D eigenvalue weighted by Crippen LogP contribution is 2.20. The maximum Gasteiger partial charge on any atom is 0.407 e. The van der Waals surface area contributed by atoms with Gasteiger partial charge in [-0.05, 0) is 31.0 Å². The molecular weight excluding hydrogens is 340 g/mol. The first-order valence-electron chi connectivity index (χ1n) is 6.62. The summed E-state index contributed by atoms with van der Waals surface area (Å²) in [4.78, 5) is 24.5. The van der Waals surface area contributed by atoms with Crippen LogP contribution in [0.2, 0.25) is 0 Å². The molecule has 114 valence electrons. The standard InChI is InChI=1S/C14H17BrN2O4/c1-8-9(3-2-4-10(8)15)13(19)16-11-7-17(14(20)21)6-5-12(11)18/h2-4,11-12,18H,5-7H2,1H3,(H,16,19)(H,20,21)/t11-,12-/m1/s1. The molecule has 2 rings (SSSR count). The van der Waals surface area contributed by atoms with Crippen LogP contribution in [0.1, 0.15) is 22.3 Å². The van der Waals surface area contributed by atoms with Crippen LogP contribution in [-0.2, 0) is 0 Å². The highest BCUT2D eigenvalue weighted by atomic mass is 79.9. The number of piperidine rings is 1. The van der Waals surface area contributed by atoms with Crippen molar-refractivity contribution in [1.82, 2.24) is 10.2 Å². The van der Waals surface area contributed by atoms with Crippen LogP contribution in [0.25, 0.3) is 0 Å². The SMILES string of the molecule is Cc1c(Br)cccc1C(=O)N[C@@H]1CN(C(=O)O)CC[C@H]1O. The minimum Gasteiger partial charge on any atom is -0.465 e. The smallest absolute Gasteiger partial charge is 0.407 e. The Kier molecular flexibility index (Phi) is 4.84. The molecule has 0 saturated carbocycles. The Labute approximate surface area is 130 Å². The van der Waals surface area contributed by atoms with Gasteiger partial charge in [-0.1, -0.05) is 22.0 Å². The average Bonchev–Trinajstić information content (AvgIpc) is 2.43. The molecule has 0 aromatic heterocycles. The fourth-order valence-corrected chi connectivity index (χ4v) is 2.72. The molecule has 1 aliphatic rings. The number of aliphatic hydroxyl groups is 1. The number of carbonyl (C=O) groups is 2. The van der Waals surface area contributed by atoms with Crippen molar-refractivity contribution < 1.29 is 19.8 Å². The fraction of sp³-hybridized carbons (Fsp3) is 0.429. The van der Waals surface area contributed by atoms with Crippen molar-refractivity contribution in [2.24, 2.45) is 0 Å². The van der Waals surface area contributed by atoms with Crippen molar-refractivity contribution in [3.05, 3.63) is 33.8 Å². The van der Waals surface area contributed by atoms with Gasteiger partial charge in [0.05, 0.1) is 12.1 Å². The summed E-state index contributed by atoms with van der Waals surface area (Å²) in [6.07, 6.45) is -1.47. The Morgan fingerprint density at radius 2 is 2.14 bits per heavy atom. The second-order valence-electron chi connectivity index (χ2n) is 5.08. The predicted molar refractivity (Wildman–Crippen MR) is 80.4 cm³/mol.